The van der Waals surface area contributed by atoms with Crippen LogP contribution in [0, 0.1) is 0 Å². The second-order valence-electron chi connectivity index (χ2n) is 5.18. The summed E-state index contributed by atoms with van der Waals surface area (Å²) in [7, 11) is 0. The highest BCUT2D eigenvalue weighted by Crippen LogP contribution is 2.09. The van der Waals surface area contributed by atoms with E-state index in [0.717, 1.165) is 30.9 Å². The lowest BCUT2D eigenvalue weighted by Gasteiger charge is -2.26. The molecule has 1 aliphatic rings. The molecule has 4 N–H and O–H groups in total. The molecule has 0 aliphatic carbocycles. The van der Waals surface area contributed by atoms with Crippen LogP contribution in [-0.4, -0.2) is 37.1 Å². The van der Waals surface area contributed by atoms with Crippen LogP contribution in [0.1, 0.15) is 24.8 Å². The number of urea groups is 1. The molecular formula is C15H24N4O. The first-order valence-electron chi connectivity index (χ1n) is 7.34. The van der Waals surface area contributed by atoms with Gasteiger partial charge in [-0.2, -0.15) is 0 Å². The number of carbonyl (C=O) groups is 1. The SMILES string of the molecule is NCc1ccc(NC(=O)NCCN2CCCCC2)cc1. The molecule has 20 heavy (non-hydrogen) atoms. The fourth-order valence-corrected chi connectivity index (χ4v) is 2.41. The van der Waals surface area contributed by atoms with Crippen molar-refractivity contribution in [2.75, 3.05) is 31.5 Å². The standard InChI is InChI=1S/C15H24N4O/c16-12-13-4-6-14(7-5-13)18-15(20)17-8-11-19-9-2-1-3-10-19/h4-7H,1-3,8-12,16H2,(H2,17,18,20). The molecule has 0 spiro atoms. The summed E-state index contributed by atoms with van der Waals surface area (Å²) in [6, 6.07) is 7.42. The molecule has 5 heteroatoms. The van der Waals surface area contributed by atoms with E-state index >= 15 is 0 Å². The first kappa shape index (κ1) is 14.8. The number of nitrogens with one attached hydrogen (secondary N) is 2. The van der Waals surface area contributed by atoms with Crippen molar-refractivity contribution >= 4 is 11.7 Å². The molecular weight excluding hydrogens is 252 g/mol. The molecule has 110 valence electrons. The van der Waals surface area contributed by atoms with Crippen molar-refractivity contribution in [3.63, 3.8) is 0 Å². The molecule has 0 unspecified atom stereocenters. The summed E-state index contributed by atoms with van der Waals surface area (Å²) >= 11 is 0. The topological polar surface area (TPSA) is 70.4 Å². The Hall–Kier alpha value is -1.59. The molecule has 1 aromatic carbocycles. The van der Waals surface area contributed by atoms with E-state index in [9.17, 15) is 4.79 Å². The van der Waals surface area contributed by atoms with E-state index < -0.39 is 0 Å². The molecule has 0 aromatic heterocycles. The molecule has 0 radical (unpaired) electrons. The number of amides is 2. The summed E-state index contributed by atoms with van der Waals surface area (Å²) in [5.74, 6) is 0. The lowest BCUT2D eigenvalue weighted by molar-refractivity contribution is 0.224. The van der Waals surface area contributed by atoms with Gasteiger partial charge in [0.1, 0.15) is 0 Å². The zero-order valence-corrected chi connectivity index (χ0v) is 11.9. The van der Waals surface area contributed by atoms with E-state index in [4.69, 9.17) is 5.73 Å². The molecule has 1 aliphatic heterocycles. The van der Waals surface area contributed by atoms with Crippen molar-refractivity contribution in [1.82, 2.24) is 10.2 Å². The van der Waals surface area contributed by atoms with Crippen molar-refractivity contribution in [3.8, 4) is 0 Å². The molecule has 1 fully saturated rings. The van der Waals surface area contributed by atoms with E-state index in [0.29, 0.717) is 13.1 Å². The minimum absolute atomic E-state index is 0.150. The second-order valence-corrected chi connectivity index (χ2v) is 5.18. The van der Waals surface area contributed by atoms with Gasteiger partial charge in [0.15, 0.2) is 0 Å². The Morgan fingerprint density at radius 2 is 1.85 bits per heavy atom. The van der Waals surface area contributed by atoms with Crippen molar-refractivity contribution in [2.24, 2.45) is 5.73 Å². The number of hydrogen-bond acceptors (Lipinski definition) is 3. The third kappa shape index (κ3) is 4.83. The van der Waals surface area contributed by atoms with Gasteiger partial charge in [-0.05, 0) is 43.6 Å². The highest BCUT2D eigenvalue weighted by atomic mass is 16.2. The van der Waals surface area contributed by atoms with Crippen LogP contribution in [0.15, 0.2) is 24.3 Å². The first-order chi connectivity index (χ1) is 9.78. The van der Waals surface area contributed by atoms with Crippen LogP contribution in [0.5, 0.6) is 0 Å². The number of nitrogens with two attached hydrogens (primary N) is 1. The van der Waals surface area contributed by atoms with Gasteiger partial charge in [0, 0.05) is 25.3 Å². The van der Waals surface area contributed by atoms with E-state index in [1.54, 1.807) is 0 Å². The maximum absolute atomic E-state index is 11.7. The zero-order valence-electron chi connectivity index (χ0n) is 11.9. The average Bonchev–Trinajstić information content (AvgIpc) is 2.49. The summed E-state index contributed by atoms with van der Waals surface area (Å²) < 4.78 is 0. The Kier molecular flexibility index (Phi) is 5.83. The number of piperidine rings is 1. The van der Waals surface area contributed by atoms with E-state index in [-0.39, 0.29) is 6.03 Å². The Labute approximate surface area is 120 Å². The van der Waals surface area contributed by atoms with Gasteiger partial charge in [-0.15, -0.1) is 0 Å². The molecule has 0 bridgehead atoms. The van der Waals surface area contributed by atoms with E-state index in [2.05, 4.69) is 15.5 Å². The van der Waals surface area contributed by atoms with Crippen molar-refractivity contribution < 1.29 is 4.79 Å². The molecule has 2 rings (SSSR count). The molecule has 2 amide bonds. The third-order valence-corrected chi connectivity index (χ3v) is 3.61. The monoisotopic (exact) mass is 276 g/mol. The fraction of sp³-hybridized carbons (Fsp3) is 0.533. The van der Waals surface area contributed by atoms with Crippen molar-refractivity contribution in [3.05, 3.63) is 29.8 Å². The van der Waals surface area contributed by atoms with Crippen LogP contribution < -0.4 is 16.4 Å². The summed E-state index contributed by atoms with van der Waals surface area (Å²) in [6.45, 7) is 4.45. The maximum atomic E-state index is 11.7. The number of rotatable bonds is 5. The van der Waals surface area contributed by atoms with Gasteiger partial charge in [-0.25, -0.2) is 4.79 Å². The van der Waals surface area contributed by atoms with Crippen LogP contribution in [0.25, 0.3) is 0 Å². The van der Waals surface area contributed by atoms with Gasteiger partial charge in [0.25, 0.3) is 0 Å². The average molecular weight is 276 g/mol. The number of anilines is 1. The fourth-order valence-electron chi connectivity index (χ4n) is 2.41. The zero-order chi connectivity index (χ0) is 14.2. The molecule has 5 nitrogen and oxygen atoms in total. The number of benzene rings is 1. The van der Waals surface area contributed by atoms with Crippen LogP contribution in [0.4, 0.5) is 10.5 Å². The Morgan fingerprint density at radius 3 is 2.50 bits per heavy atom. The Balaban J connectivity index is 1.66. The van der Waals surface area contributed by atoms with Gasteiger partial charge in [0.2, 0.25) is 0 Å². The molecule has 1 heterocycles. The predicted octanol–water partition coefficient (Wildman–Crippen LogP) is 1.75. The Morgan fingerprint density at radius 1 is 1.15 bits per heavy atom. The number of carbonyl (C=O) groups excluding carboxylic acids is 1. The third-order valence-electron chi connectivity index (χ3n) is 3.61. The number of likely N-dealkylation sites (tertiary alicyclic amines) is 1. The molecule has 0 saturated carbocycles. The minimum atomic E-state index is -0.150. The predicted molar refractivity (Wildman–Crippen MR) is 81.6 cm³/mol. The van der Waals surface area contributed by atoms with E-state index in [1.807, 2.05) is 24.3 Å². The maximum Gasteiger partial charge on any atom is 0.319 e. The normalized spacial score (nSPS) is 15.8. The smallest absolute Gasteiger partial charge is 0.319 e. The quantitative estimate of drug-likeness (QED) is 0.767. The van der Waals surface area contributed by atoms with Crippen LogP contribution in [-0.2, 0) is 6.54 Å². The van der Waals surface area contributed by atoms with Gasteiger partial charge in [-0.1, -0.05) is 18.6 Å². The second kappa shape index (κ2) is 7.87. The summed E-state index contributed by atoms with van der Waals surface area (Å²) in [6.07, 6.45) is 3.89. The minimum Gasteiger partial charge on any atom is -0.337 e. The Bertz CT molecular complexity index is 412. The van der Waals surface area contributed by atoms with Gasteiger partial charge in [-0.3, -0.25) is 0 Å². The highest BCUT2D eigenvalue weighted by molar-refractivity contribution is 5.89. The first-order valence-corrected chi connectivity index (χ1v) is 7.34. The number of nitrogens with zero attached hydrogens (tertiary/aromatic N) is 1. The van der Waals surface area contributed by atoms with Gasteiger partial charge >= 0.3 is 6.03 Å². The molecule has 1 aromatic rings. The van der Waals surface area contributed by atoms with E-state index in [1.165, 1.54) is 19.3 Å². The lowest BCUT2D eigenvalue weighted by Crippen LogP contribution is -2.39. The van der Waals surface area contributed by atoms with Crippen LogP contribution in [0.2, 0.25) is 0 Å². The van der Waals surface area contributed by atoms with Crippen LogP contribution >= 0.6 is 0 Å². The largest absolute Gasteiger partial charge is 0.337 e. The summed E-state index contributed by atoms with van der Waals surface area (Å²) in [5.41, 5.74) is 7.38. The molecule has 0 atom stereocenters. The van der Waals surface area contributed by atoms with Crippen molar-refractivity contribution in [1.29, 1.82) is 0 Å². The van der Waals surface area contributed by atoms with Gasteiger partial charge in [0.05, 0.1) is 0 Å². The summed E-state index contributed by atoms with van der Waals surface area (Å²) in [4.78, 5) is 14.1. The van der Waals surface area contributed by atoms with Crippen LogP contribution in [0.3, 0.4) is 0 Å². The lowest BCUT2D eigenvalue weighted by atomic mass is 10.1. The molecule has 1 saturated heterocycles. The number of hydrogen-bond donors (Lipinski definition) is 3. The van der Waals surface area contributed by atoms with Gasteiger partial charge < -0.3 is 21.3 Å². The van der Waals surface area contributed by atoms with Crippen molar-refractivity contribution in [2.45, 2.75) is 25.8 Å². The summed E-state index contributed by atoms with van der Waals surface area (Å²) in [5, 5.41) is 5.71. The highest BCUT2D eigenvalue weighted by Gasteiger charge is 2.09.